The summed E-state index contributed by atoms with van der Waals surface area (Å²) in [7, 11) is 0. The lowest BCUT2D eigenvalue weighted by Gasteiger charge is -2.25. The number of nitrogens with two attached hydrogens (primary N) is 3. The molecule has 0 aromatic carbocycles. The molecule has 4 atom stereocenters. The van der Waals surface area contributed by atoms with E-state index in [1.165, 1.54) is 0 Å². The first-order valence-corrected chi connectivity index (χ1v) is 11.0. The Labute approximate surface area is 210 Å². The Morgan fingerprint density at radius 2 is 0.892 bits per heavy atom. The van der Waals surface area contributed by atoms with Crippen molar-refractivity contribution < 1.29 is 53.7 Å². The highest BCUT2D eigenvalue weighted by Crippen LogP contribution is 2.06. The van der Waals surface area contributed by atoms with Gasteiger partial charge in [0.05, 0.1) is 6.04 Å². The molecule has 0 aromatic rings. The molecule has 0 radical (unpaired) electrons. The van der Waals surface area contributed by atoms with Crippen LogP contribution in [0.15, 0.2) is 0 Å². The van der Waals surface area contributed by atoms with Crippen molar-refractivity contribution in [2.75, 3.05) is 0 Å². The lowest BCUT2D eigenvalue weighted by atomic mass is 10.0. The smallest absolute Gasteiger partial charge is 0.326 e. The maximum absolute atomic E-state index is 12.8. The molecule has 0 bridgehead atoms. The average molecular weight is 533 g/mol. The highest BCUT2D eigenvalue weighted by Gasteiger charge is 2.31. The second-order valence-corrected chi connectivity index (χ2v) is 8.00. The molecule has 0 aliphatic heterocycles. The molecule has 17 nitrogen and oxygen atoms in total. The fourth-order valence-electron chi connectivity index (χ4n) is 2.87. The van der Waals surface area contributed by atoms with Gasteiger partial charge in [-0.1, -0.05) is 0 Å². The Morgan fingerprint density at radius 1 is 0.541 bits per heavy atom. The number of carboxylic acids is 3. The van der Waals surface area contributed by atoms with Crippen molar-refractivity contribution in [3.8, 4) is 0 Å². The van der Waals surface area contributed by atoms with E-state index in [0.29, 0.717) is 0 Å². The zero-order valence-electron chi connectivity index (χ0n) is 19.8. The van der Waals surface area contributed by atoms with Gasteiger partial charge in [-0.25, -0.2) is 4.79 Å². The summed E-state index contributed by atoms with van der Waals surface area (Å²) in [6.07, 6.45) is -3.29. The molecule has 0 rings (SSSR count). The number of nitrogens with one attached hydrogen (secondary N) is 3. The Kier molecular flexibility index (Phi) is 14.5. The monoisotopic (exact) mass is 532 g/mol. The second-order valence-electron chi connectivity index (χ2n) is 8.00. The number of carbonyl (C=O) groups excluding carboxylic acids is 5. The summed E-state index contributed by atoms with van der Waals surface area (Å²) in [5.74, 6) is -8.79. The van der Waals surface area contributed by atoms with Gasteiger partial charge in [0.1, 0.15) is 18.1 Å². The van der Waals surface area contributed by atoms with E-state index in [2.05, 4.69) is 16.0 Å². The standard InChI is InChI=1S/C20H32N6O11/c21-9(1-7-15(29)30)17(33)24-11(4-8-16(31)32)18(34)25-10(2-5-13(22)27)19(35)26-12(20(36)37)3-6-14(23)28/h9-12H,1-8,21H2,(H2,22,27)(H2,23,28)(H,24,33)(H,25,34)(H,26,35)(H,29,30)(H,31,32)(H,36,37). The van der Waals surface area contributed by atoms with Gasteiger partial charge in [0.2, 0.25) is 29.5 Å². The van der Waals surface area contributed by atoms with E-state index in [4.69, 9.17) is 27.4 Å². The first-order valence-electron chi connectivity index (χ1n) is 11.0. The predicted molar refractivity (Wildman–Crippen MR) is 122 cm³/mol. The molecule has 0 spiro atoms. The van der Waals surface area contributed by atoms with Crippen LogP contribution in [0.25, 0.3) is 0 Å². The van der Waals surface area contributed by atoms with Gasteiger partial charge in [0, 0.05) is 25.7 Å². The highest BCUT2D eigenvalue weighted by molar-refractivity contribution is 5.94. The van der Waals surface area contributed by atoms with E-state index in [0.717, 1.165) is 0 Å². The van der Waals surface area contributed by atoms with Crippen LogP contribution >= 0.6 is 0 Å². The summed E-state index contributed by atoms with van der Waals surface area (Å²) in [6.45, 7) is 0. The maximum Gasteiger partial charge on any atom is 0.326 e. The van der Waals surface area contributed by atoms with Crippen LogP contribution in [0.5, 0.6) is 0 Å². The topological polar surface area (TPSA) is 311 Å². The highest BCUT2D eigenvalue weighted by atomic mass is 16.4. The number of hydrogen-bond acceptors (Lipinski definition) is 9. The third-order valence-corrected chi connectivity index (χ3v) is 4.89. The van der Waals surface area contributed by atoms with Crippen LogP contribution in [0.3, 0.4) is 0 Å². The van der Waals surface area contributed by atoms with E-state index < -0.39 is 97.3 Å². The van der Waals surface area contributed by atoms with Crippen molar-refractivity contribution in [2.45, 2.75) is 75.5 Å². The number of carbonyl (C=O) groups is 8. The molecular weight excluding hydrogens is 500 g/mol. The summed E-state index contributed by atoms with van der Waals surface area (Å²) < 4.78 is 0. The van der Waals surface area contributed by atoms with E-state index in [1.54, 1.807) is 0 Å². The molecule has 12 N–H and O–H groups in total. The number of primary amides is 2. The average Bonchev–Trinajstić information content (AvgIpc) is 2.79. The summed E-state index contributed by atoms with van der Waals surface area (Å²) in [5.41, 5.74) is 15.7. The van der Waals surface area contributed by atoms with Gasteiger partial charge < -0.3 is 48.5 Å². The van der Waals surface area contributed by atoms with Gasteiger partial charge in [0.25, 0.3) is 0 Å². The van der Waals surface area contributed by atoms with Gasteiger partial charge >= 0.3 is 17.9 Å². The Morgan fingerprint density at radius 3 is 1.30 bits per heavy atom. The molecule has 4 unspecified atom stereocenters. The first kappa shape index (κ1) is 32.7. The third kappa shape index (κ3) is 14.7. The van der Waals surface area contributed by atoms with Gasteiger partial charge in [0.15, 0.2) is 0 Å². The van der Waals surface area contributed by atoms with Crippen molar-refractivity contribution in [2.24, 2.45) is 17.2 Å². The third-order valence-electron chi connectivity index (χ3n) is 4.89. The first-order chi connectivity index (χ1) is 17.1. The van der Waals surface area contributed by atoms with Crippen LogP contribution in [-0.4, -0.2) is 86.9 Å². The summed E-state index contributed by atoms with van der Waals surface area (Å²) >= 11 is 0. The van der Waals surface area contributed by atoms with Crippen molar-refractivity contribution in [3.63, 3.8) is 0 Å². The fraction of sp³-hybridized carbons (Fsp3) is 0.600. The normalized spacial score (nSPS) is 13.8. The SMILES string of the molecule is NC(=O)CCC(NC(=O)C(CCC(N)=O)NC(=O)C(CCC(=O)O)NC(=O)C(N)CCC(=O)O)C(=O)O. The largest absolute Gasteiger partial charge is 0.481 e. The van der Waals surface area contributed by atoms with E-state index in [9.17, 15) is 43.5 Å². The molecular formula is C20H32N6O11. The Hall–Kier alpha value is -4.28. The van der Waals surface area contributed by atoms with E-state index in [1.807, 2.05) is 0 Å². The number of hydrogen-bond donors (Lipinski definition) is 9. The predicted octanol–water partition coefficient (Wildman–Crippen LogP) is -3.89. The molecule has 0 aliphatic rings. The molecule has 208 valence electrons. The van der Waals surface area contributed by atoms with Gasteiger partial charge in [-0.15, -0.1) is 0 Å². The van der Waals surface area contributed by atoms with Gasteiger partial charge in [-0.2, -0.15) is 0 Å². The van der Waals surface area contributed by atoms with Crippen molar-refractivity contribution >= 4 is 47.4 Å². The number of amides is 5. The summed E-state index contributed by atoms with van der Waals surface area (Å²) in [6, 6.07) is -5.98. The van der Waals surface area contributed by atoms with Gasteiger partial charge in [-0.05, 0) is 25.7 Å². The molecule has 0 saturated carbocycles. The molecule has 17 heteroatoms. The van der Waals surface area contributed by atoms with Crippen molar-refractivity contribution in [3.05, 3.63) is 0 Å². The van der Waals surface area contributed by atoms with Crippen LogP contribution in [0.1, 0.15) is 51.4 Å². The van der Waals surface area contributed by atoms with Crippen LogP contribution in [0, 0.1) is 0 Å². The second kappa shape index (κ2) is 16.4. The minimum atomic E-state index is -1.57. The number of aliphatic carboxylic acids is 3. The van der Waals surface area contributed by atoms with Crippen LogP contribution < -0.4 is 33.2 Å². The lowest BCUT2D eigenvalue weighted by molar-refractivity contribution is -0.143. The molecule has 37 heavy (non-hydrogen) atoms. The van der Waals surface area contributed by atoms with Crippen molar-refractivity contribution in [1.29, 1.82) is 0 Å². The molecule has 0 saturated heterocycles. The Bertz CT molecular complexity index is 894. The molecule has 5 amide bonds. The zero-order valence-corrected chi connectivity index (χ0v) is 19.8. The van der Waals surface area contributed by atoms with Crippen LogP contribution in [0.2, 0.25) is 0 Å². The quantitative estimate of drug-likeness (QED) is 0.0771. The Balaban J connectivity index is 5.64. The molecule has 0 aliphatic carbocycles. The maximum atomic E-state index is 12.8. The number of carboxylic acid groups (broad SMARTS) is 3. The molecule has 0 aromatic heterocycles. The van der Waals surface area contributed by atoms with Crippen LogP contribution in [-0.2, 0) is 38.4 Å². The fourth-order valence-corrected chi connectivity index (χ4v) is 2.87. The number of rotatable bonds is 19. The van der Waals surface area contributed by atoms with E-state index >= 15 is 0 Å². The van der Waals surface area contributed by atoms with Gasteiger partial charge in [-0.3, -0.25) is 33.6 Å². The zero-order chi connectivity index (χ0) is 28.7. The summed E-state index contributed by atoms with van der Waals surface area (Å²) in [4.78, 5) is 93.1. The minimum absolute atomic E-state index is 0.278. The van der Waals surface area contributed by atoms with Crippen molar-refractivity contribution in [1.82, 2.24) is 16.0 Å². The lowest BCUT2D eigenvalue weighted by Crippen LogP contribution is -2.57. The van der Waals surface area contributed by atoms with E-state index in [-0.39, 0.29) is 25.7 Å². The minimum Gasteiger partial charge on any atom is -0.481 e. The molecule has 0 fully saturated rings. The molecule has 0 heterocycles. The summed E-state index contributed by atoms with van der Waals surface area (Å²) in [5, 5.41) is 33.5. The van der Waals surface area contributed by atoms with Crippen LogP contribution in [0.4, 0.5) is 0 Å².